The molecule has 0 aliphatic carbocycles. The Labute approximate surface area is 281 Å². The molecule has 3 heterocycles. The third kappa shape index (κ3) is 6.48. The second-order valence-corrected chi connectivity index (χ2v) is 17.1. The van der Waals surface area contributed by atoms with Crippen molar-refractivity contribution in [3.8, 4) is 5.75 Å². The summed E-state index contributed by atoms with van der Waals surface area (Å²) in [4.78, 5) is 49.2. The zero-order chi connectivity index (χ0) is 33.5. The van der Waals surface area contributed by atoms with Crippen LogP contribution in [0.1, 0.15) is 61.3 Å². The molecule has 45 heavy (non-hydrogen) atoms. The third-order valence-electron chi connectivity index (χ3n) is 9.29. The van der Waals surface area contributed by atoms with Crippen molar-refractivity contribution in [3.05, 3.63) is 49.6 Å². The molecule has 7 atom stereocenters. The normalized spacial score (nSPS) is 28.1. The summed E-state index contributed by atoms with van der Waals surface area (Å²) < 4.78 is 4.78. The van der Waals surface area contributed by atoms with Gasteiger partial charge in [-0.25, -0.2) is 0 Å². The van der Waals surface area contributed by atoms with E-state index in [4.69, 9.17) is 4.74 Å². The minimum absolute atomic E-state index is 0.0535. The Balaban J connectivity index is 1.80. The van der Waals surface area contributed by atoms with Crippen LogP contribution in [0.25, 0.3) is 0 Å². The topological polar surface area (TPSA) is 90.4 Å². The van der Waals surface area contributed by atoms with E-state index >= 15 is 0 Å². The molecular formula is C35H50BrN3O5S. The largest absolute Gasteiger partial charge is 0.494 e. The van der Waals surface area contributed by atoms with Crippen LogP contribution in [0.3, 0.4) is 0 Å². The van der Waals surface area contributed by atoms with Gasteiger partial charge in [0.2, 0.25) is 17.7 Å². The Morgan fingerprint density at radius 2 is 1.78 bits per heavy atom. The fraction of sp³-hybridized carbons (Fsp3) is 0.629. The Morgan fingerprint density at radius 3 is 2.31 bits per heavy atom. The molecule has 1 aromatic rings. The van der Waals surface area contributed by atoms with Gasteiger partial charge >= 0.3 is 0 Å². The first-order valence-electron chi connectivity index (χ1n) is 15.9. The first-order valence-corrected chi connectivity index (χ1v) is 17.7. The highest BCUT2D eigenvalue weighted by Crippen LogP contribution is 2.68. The maximum Gasteiger partial charge on any atom is 0.247 e. The van der Waals surface area contributed by atoms with Crippen LogP contribution in [0, 0.1) is 17.3 Å². The molecule has 248 valence electrons. The summed E-state index contributed by atoms with van der Waals surface area (Å²) in [6.07, 6.45) is 4.73. The van der Waals surface area contributed by atoms with Crippen molar-refractivity contribution in [2.24, 2.45) is 17.3 Å². The number of hydrogen-bond acceptors (Lipinski definition) is 6. The minimum atomic E-state index is -0.831. The van der Waals surface area contributed by atoms with Crippen LogP contribution in [0.2, 0.25) is 0 Å². The molecule has 0 saturated carbocycles. The molecule has 3 fully saturated rings. The quantitative estimate of drug-likeness (QED) is 0.210. The molecule has 3 amide bonds. The molecule has 3 unspecified atom stereocenters. The maximum atomic E-state index is 14.9. The zero-order valence-corrected chi connectivity index (χ0v) is 30.2. The first-order chi connectivity index (χ1) is 21.1. The van der Waals surface area contributed by atoms with Crippen LogP contribution >= 0.6 is 27.7 Å². The second-order valence-electron chi connectivity index (χ2n) is 14.4. The van der Waals surface area contributed by atoms with Gasteiger partial charge in [0, 0.05) is 34.4 Å². The van der Waals surface area contributed by atoms with Gasteiger partial charge < -0.3 is 24.5 Å². The second kappa shape index (κ2) is 13.4. The SMILES string of the molecule is C=CCN(C(=O)[C@H]1[C@H]2C(=O)N([C@H](C)CO)C(C(=O)N(CC=C)C(C)(C)CC(C)(C)C)C23CC(Br)[C@@H]1S3)c1ccc(OCC)cc1. The molecular weight excluding hydrogens is 654 g/mol. The number of carbonyl (C=O) groups excluding carboxylic acids is 3. The molecule has 10 heteroatoms. The number of carbonyl (C=O) groups is 3. The lowest BCUT2D eigenvalue weighted by molar-refractivity contribution is -0.148. The van der Waals surface area contributed by atoms with Gasteiger partial charge in [-0.1, -0.05) is 48.9 Å². The van der Waals surface area contributed by atoms with Gasteiger partial charge in [0.25, 0.3) is 0 Å². The van der Waals surface area contributed by atoms with Crippen LogP contribution in [0.4, 0.5) is 5.69 Å². The van der Waals surface area contributed by atoms with E-state index < -0.39 is 34.2 Å². The van der Waals surface area contributed by atoms with E-state index in [9.17, 15) is 19.5 Å². The number of aliphatic hydroxyl groups is 1. The Kier molecular flexibility index (Phi) is 10.6. The van der Waals surface area contributed by atoms with Gasteiger partial charge in [-0.3, -0.25) is 14.4 Å². The van der Waals surface area contributed by atoms with Gasteiger partial charge in [-0.2, -0.15) is 0 Å². The lowest BCUT2D eigenvalue weighted by atomic mass is 9.70. The Morgan fingerprint density at radius 1 is 1.16 bits per heavy atom. The number of benzene rings is 1. The third-order valence-corrected chi connectivity index (χ3v) is 12.5. The van der Waals surface area contributed by atoms with E-state index in [0.29, 0.717) is 31.0 Å². The van der Waals surface area contributed by atoms with Crippen molar-refractivity contribution in [2.45, 2.75) is 93.8 Å². The number of halogens is 1. The number of anilines is 1. The van der Waals surface area contributed by atoms with Crippen molar-refractivity contribution in [3.63, 3.8) is 0 Å². The van der Waals surface area contributed by atoms with Crippen molar-refractivity contribution >= 4 is 51.1 Å². The first kappa shape index (κ1) is 35.6. The summed E-state index contributed by atoms with van der Waals surface area (Å²) in [5.41, 5.74) is 0.104. The molecule has 1 spiro atoms. The van der Waals surface area contributed by atoms with Crippen molar-refractivity contribution < 1.29 is 24.2 Å². The lowest BCUT2D eigenvalue weighted by Gasteiger charge is -2.46. The number of rotatable bonds is 13. The summed E-state index contributed by atoms with van der Waals surface area (Å²) in [7, 11) is 0. The summed E-state index contributed by atoms with van der Waals surface area (Å²) in [6.45, 7) is 23.0. The number of aliphatic hydroxyl groups excluding tert-OH is 1. The number of thioether (sulfide) groups is 1. The van der Waals surface area contributed by atoms with E-state index in [0.717, 1.165) is 6.42 Å². The van der Waals surface area contributed by atoms with Crippen molar-refractivity contribution in [1.29, 1.82) is 0 Å². The summed E-state index contributed by atoms with van der Waals surface area (Å²) in [5, 5.41) is 10.1. The molecule has 3 aliphatic rings. The average molecular weight is 705 g/mol. The van der Waals surface area contributed by atoms with Gasteiger partial charge in [0.1, 0.15) is 11.8 Å². The average Bonchev–Trinajstić information content (AvgIpc) is 3.56. The van der Waals surface area contributed by atoms with Gasteiger partial charge in [-0.05, 0) is 70.2 Å². The number of ether oxygens (including phenoxy) is 1. The van der Waals surface area contributed by atoms with Gasteiger partial charge in [0.05, 0.1) is 35.8 Å². The van der Waals surface area contributed by atoms with E-state index in [1.54, 1.807) is 40.6 Å². The number of amides is 3. The van der Waals surface area contributed by atoms with Crippen molar-refractivity contribution in [1.82, 2.24) is 9.80 Å². The Hall–Kier alpha value is -2.30. The highest BCUT2D eigenvalue weighted by Gasteiger charge is 2.76. The van der Waals surface area contributed by atoms with Crippen LogP contribution in [0.5, 0.6) is 5.75 Å². The summed E-state index contributed by atoms with van der Waals surface area (Å²) in [6, 6.07) is 5.94. The number of likely N-dealkylation sites (tertiary alicyclic amines) is 1. The molecule has 0 radical (unpaired) electrons. The standard InChI is InChI=1S/C35H50BrN3O5S/c1-10-17-37(23-13-15-24(16-14-23)44-12-3)30(41)26-27-31(42)39(22(4)20-40)29(35(27)19-25(36)28(26)45-35)32(43)38(18-11-2)34(8,9)21-33(5,6)7/h10-11,13-16,22,25-29,40H,1-2,12,17-21H2,3-9H3/t22-,25?,26+,27+,28+,29?,35?/m1/s1. The fourth-order valence-electron chi connectivity index (χ4n) is 8.02. The fourth-order valence-corrected chi connectivity index (χ4v) is 11.6. The molecule has 4 rings (SSSR count). The molecule has 3 saturated heterocycles. The van der Waals surface area contributed by atoms with E-state index in [2.05, 4.69) is 63.7 Å². The zero-order valence-electron chi connectivity index (χ0n) is 27.8. The number of alkyl halides is 1. The van der Waals surface area contributed by atoms with E-state index in [1.165, 1.54) is 0 Å². The smallest absolute Gasteiger partial charge is 0.247 e. The molecule has 1 N–H and O–H groups in total. The van der Waals surface area contributed by atoms with Crippen LogP contribution < -0.4 is 9.64 Å². The molecule has 8 nitrogen and oxygen atoms in total. The monoisotopic (exact) mass is 703 g/mol. The number of fused-ring (bicyclic) bond motifs is 1. The predicted octanol–water partition coefficient (Wildman–Crippen LogP) is 5.68. The Bertz CT molecular complexity index is 1300. The molecule has 3 aliphatic heterocycles. The predicted molar refractivity (Wildman–Crippen MR) is 186 cm³/mol. The lowest BCUT2D eigenvalue weighted by Crippen LogP contribution is -2.61. The molecule has 2 bridgehead atoms. The molecule has 0 aromatic heterocycles. The summed E-state index contributed by atoms with van der Waals surface area (Å²) in [5.74, 6) is -1.21. The maximum absolute atomic E-state index is 14.9. The van der Waals surface area contributed by atoms with E-state index in [1.807, 2.05) is 36.1 Å². The van der Waals surface area contributed by atoms with Gasteiger partial charge in [0.15, 0.2) is 0 Å². The van der Waals surface area contributed by atoms with Crippen LogP contribution in [-0.2, 0) is 14.4 Å². The highest BCUT2D eigenvalue weighted by atomic mass is 79.9. The summed E-state index contributed by atoms with van der Waals surface area (Å²) >= 11 is 5.48. The van der Waals surface area contributed by atoms with Gasteiger partial charge in [-0.15, -0.1) is 24.9 Å². The minimum Gasteiger partial charge on any atom is -0.494 e. The number of nitrogens with zero attached hydrogens (tertiary/aromatic N) is 3. The van der Waals surface area contributed by atoms with E-state index in [-0.39, 0.29) is 46.4 Å². The number of hydrogen-bond donors (Lipinski definition) is 1. The van der Waals surface area contributed by atoms with Crippen molar-refractivity contribution in [2.75, 3.05) is 31.2 Å². The van der Waals surface area contributed by atoms with Crippen LogP contribution in [-0.4, -0.2) is 91.4 Å². The molecule has 1 aromatic carbocycles. The highest BCUT2D eigenvalue weighted by molar-refractivity contribution is 9.09. The van der Waals surface area contributed by atoms with Crippen LogP contribution in [0.15, 0.2) is 49.6 Å².